The summed E-state index contributed by atoms with van der Waals surface area (Å²) in [5.41, 5.74) is 6.87. The maximum absolute atomic E-state index is 5.58. The van der Waals surface area contributed by atoms with Crippen molar-refractivity contribution in [1.29, 1.82) is 0 Å². The van der Waals surface area contributed by atoms with Gasteiger partial charge in [0.25, 0.3) is 0 Å². The van der Waals surface area contributed by atoms with Crippen molar-refractivity contribution >= 4 is 0 Å². The second kappa shape index (κ2) is 4.73. The van der Waals surface area contributed by atoms with Gasteiger partial charge in [0.05, 0.1) is 0 Å². The van der Waals surface area contributed by atoms with E-state index in [9.17, 15) is 0 Å². The number of hydrogen-bond acceptors (Lipinski definition) is 1. The van der Waals surface area contributed by atoms with Crippen molar-refractivity contribution in [2.45, 2.75) is 6.92 Å². The van der Waals surface area contributed by atoms with E-state index in [0.29, 0.717) is 12.5 Å². The summed E-state index contributed by atoms with van der Waals surface area (Å²) in [5, 5.41) is 0. The van der Waals surface area contributed by atoms with Crippen LogP contribution < -0.4 is 5.73 Å². The first-order valence-electron chi connectivity index (χ1n) is 4.26. The fraction of sp³-hybridized carbons (Fsp3) is 0.273. The van der Waals surface area contributed by atoms with Crippen LogP contribution in [0.5, 0.6) is 0 Å². The third-order valence-electron chi connectivity index (χ3n) is 1.94. The molecule has 0 spiro atoms. The number of nitrogens with two attached hydrogens (primary N) is 1. The largest absolute Gasteiger partial charge is 0.330 e. The van der Waals surface area contributed by atoms with Gasteiger partial charge in [-0.2, -0.15) is 0 Å². The predicted molar refractivity (Wildman–Crippen MR) is 53.7 cm³/mol. The topological polar surface area (TPSA) is 26.0 Å². The van der Waals surface area contributed by atoms with E-state index >= 15 is 0 Å². The Labute approximate surface area is 74.0 Å². The molecule has 0 aromatic heterocycles. The van der Waals surface area contributed by atoms with E-state index in [4.69, 9.17) is 5.73 Å². The zero-order valence-electron chi connectivity index (χ0n) is 7.40. The lowest BCUT2D eigenvalue weighted by Crippen LogP contribution is -2.12. The van der Waals surface area contributed by atoms with E-state index in [2.05, 4.69) is 19.1 Å². The predicted octanol–water partition coefficient (Wildman–Crippen LogP) is 2.19. The summed E-state index contributed by atoms with van der Waals surface area (Å²) in [6.07, 6.45) is 14.4. The molecule has 0 saturated heterocycles. The van der Waals surface area contributed by atoms with Gasteiger partial charge in [0.15, 0.2) is 0 Å². The third-order valence-corrected chi connectivity index (χ3v) is 1.94. The zero-order valence-corrected chi connectivity index (χ0v) is 7.40. The summed E-state index contributed by atoms with van der Waals surface area (Å²) >= 11 is 0. The van der Waals surface area contributed by atoms with Crippen molar-refractivity contribution in [3.8, 4) is 0 Å². The molecule has 0 fully saturated rings. The van der Waals surface area contributed by atoms with Crippen LogP contribution in [0.2, 0.25) is 0 Å². The molecule has 0 bridgehead atoms. The van der Waals surface area contributed by atoms with Crippen LogP contribution >= 0.6 is 0 Å². The van der Waals surface area contributed by atoms with Crippen LogP contribution in [0.1, 0.15) is 6.92 Å². The minimum atomic E-state index is 0.442. The Morgan fingerprint density at radius 2 is 1.83 bits per heavy atom. The molecule has 0 radical (unpaired) electrons. The van der Waals surface area contributed by atoms with Gasteiger partial charge < -0.3 is 5.73 Å². The molecule has 0 aromatic carbocycles. The van der Waals surface area contributed by atoms with Gasteiger partial charge in [0, 0.05) is 0 Å². The fourth-order valence-electron chi connectivity index (χ4n) is 1.05. The van der Waals surface area contributed by atoms with Crippen LogP contribution in [0.4, 0.5) is 0 Å². The lowest BCUT2D eigenvalue weighted by atomic mass is 9.99. The molecule has 1 atom stereocenters. The van der Waals surface area contributed by atoms with E-state index in [1.165, 1.54) is 5.57 Å². The Hall–Kier alpha value is -1.08. The highest BCUT2D eigenvalue weighted by Crippen LogP contribution is 2.11. The molecule has 2 N–H and O–H groups in total. The summed E-state index contributed by atoms with van der Waals surface area (Å²) in [6, 6.07) is 0. The average Bonchev–Trinajstić information content (AvgIpc) is 2.02. The maximum Gasteiger partial charge on any atom is -0.00109 e. The Kier molecular flexibility index (Phi) is 3.55. The lowest BCUT2D eigenvalue weighted by Gasteiger charge is -2.08. The van der Waals surface area contributed by atoms with Gasteiger partial charge in [-0.1, -0.05) is 49.5 Å². The van der Waals surface area contributed by atoms with E-state index < -0.39 is 0 Å². The lowest BCUT2D eigenvalue weighted by molar-refractivity contribution is 0.710. The van der Waals surface area contributed by atoms with Crippen molar-refractivity contribution < 1.29 is 0 Å². The molecular formula is C11H15N. The van der Waals surface area contributed by atoms with Crippen molar-refractivity contribution in [3.05, 3.63) is 48.1 Å². The van der Waals surface area contributed by atoms with Crippen molar-refractivity contribution in [2.24, 2.45) is 11.7 Å². The molecule has 0 aliphatic heterocycles. The molecule has 1 nitrogen and oxygen atoms in total. The molecule has 1 aliphatic rings. The maximum atomic E-state index is 5.58. The van der Waals surface area contributed by atoms with Gasteiger partial charge in [-0.05, 0) is 18.0 Å². The van der Waals surface area contributed by atoms with E-state index in [-0.39, 0.29) is 0 Å². The second-order valence-corrected chi connectivity index (χ2v) is 2.93. The smallest absolute Gasteiger partial charge is 0.00109 e. The molecule has 0 saturated carbocycles. The molecule has 1 rings (SSSR count). The first kappa shape index (κ1) is 9.01. The van der Waals surface area contributed by atoms with Crippen LogP contribution in [0, 0.1) is 5.92 Å². The summed E-state index contributed by atoms with van der Waals surface area (Å²) < 4.78 is 0. The van der Waals surface area contributed by atoms with Crippen LogP contribution in [-0.2, 0) is 0 Å². The Bertz CT molecular complexity index is 244. The van der Waals surface area contributed by atoms with Crippen molar-refractivity contribution in [1.82, 2.24) is 0 Å². The Morgan fingerprint density at radius 1 is 1.17 bits per heavy atom. The summed E-state index contributed by atoms with van der Waals surface area (Å²) in [5.74, 6) is 0.442. The quantitative estimate of drug-likeness (QED) is 0.660. The normalized spacial score (nSPS) is 30.7. The van der Waals surface area contributed by atoms with E-state index in [0.717, 1.165) is 0 Å². The minimum Gasteiger partial charge on any atom is -0.330 e. The molecule has 12 heavy (non-hydrogen) atoms. The Balaban J connectivity index is 2.75. The van der Waals surface area contributed by atoms with Gasteiger partial charge in [-0.3, -0.25) is 0 Å². The van der Waals surface area contributed by atoms with Crippen LogP contribution in [0.25, 0.3) is 0 Å². The molecular weight excluding hydrogens is 146 g/mol. The number of allylic oxidation sites excluding steroid dienone is 7. The third kappa shape index (κ3) is 2.51. The van der Waals surface area contributed by atoms with Crippen LogP contribution in [0.3, 0.4) is 0 Å². The molecule has 0 aromatic rings. The first-order valence-corrected chi connectivity index (χ1v) is 4.26. The summed E-state index contributed by atoms with van der Waals surface area (Å²) in [4.78, 5) is 0. The van der Waals surface area contributed by atoms with Gasteiger partial charge >= 0.3 is 0 Å². The number of rotatable bonds is 2. The Morgan fingerprint density at radius 3 is 2.58 bits per heavy atom. The van der Waals surface area contributed by atoms with E-state index in [1.807, 2.05) is 30.4 Å². The van der Waals surface area contributed by atoms with Gasteiger partial charge in [-0.25, -0.2) is 0 Å². The fourth-order valence-corrected chi connectivity index (χ4v) is 1.05. The molecule has 1 aliphatic carbocycles. The molecule has 1 heteroatoms. The summed E-state index contributed by atoms with van der Waals surface area (Å²) in [6.45, 7) is 2.84. The minimum absolute atomic E-state index is 0.442. The second-order valence-electron chi connectivity index (χ2n) is 2.93. The van der Waals surface area contributed by atoms with Crippen molar-refractivity contribution in [3.63, 3.8) is 0 Å². The van der Waals surface area contributed by atoms with Gasteiger partial charge in [0.1, 0.15) is 0 Å². The monoisotopic (exact) mass is 161 g/mol. The van der Waals surface area contributed by atoms with E-state index in [1.54, 1.807) is 0 Å². The van der Waals surface area contributed by atoms with Gasteiger partial charge in [-0.15, -0.1) is 0 Å². The number of hydrogen-bond donors (Lipinski definition) is 1. The van der Waals surface area contributed by atoms with Crippen LogP contribution in [0.15, 0.2) is 48.1 Å². The summed E-state index contributed by atoms with van der Waals surface area (Å²) in [7, 11) is 0. The SMILES string of the molecule is CC(CN)C1=C/C=C/C=C\C=C\1. The average molecular weight is 161 g/mol. The van der Waals surface area contributed by atoms with Crippen molar-refractivity contribution in [2.75, 3.05) is 6.54 Å². The molecule has 64 valence electrons. The highest BCUT2D eigenvalue weighted by Gasteiger charge is 2.01. The van der Waals surface area contributed by atoms with Crippen LogP contribution in [-0.4, -0.2) is 6.54 Å². The molecule has 0 amide bonds. The van der Waals surface area contributed by atoms with Gasteiger partial charge in [0.2, 0.25) is 0 Å². The highest BCUT2D eigenvalue weighted by atomic mass is 14.5. The molecule has 0 heterocycles. The highest BCUT2D eigenvalue weighted by molar-refractivity contribution is 5.32. The molecule has 1 unspecified atom stereocenters. The first-order chi connectivity index (χ1) is 5.84. The standard InChI is InChI=1S/C11H15N/c1-10(9-12)11-7-5-3-2-4-6-8-11/h2-8,10H,9,12H2,1H3/b3-2-,4-2?,5-3?,6-4+,7-5+,8-6?,11-7?,11-8+. The zero-order chi connectivity index (χ0) is 8.81.